The Morgan fingerprint density at radius 1 is 1.31 bits per heavy atom. The van der Waals surface area contributed by atoms with Gasteiger partial charge in [0.05, 0.1) is 29.5 Å². The number of amides is 2. The van der Waals surface area contributed by atoms with Gasteiger partial charge in [0.15, 0.2) is 5.82 Å². The third kappa shape index (κ3) is 5.11. The number of anilines is 1. The second kappa shape index (κ2) is 9.83. The number of nitriles is 1. The molecule has 3 aromatic rings. The van der Waals surface area contributed by atoms with E-state index in [1.807, 2.05) is 6.07 Å². The molecule has 1 atom stereocenters. The summed E-state index contributed by atoms with van der Waals surface area (Å²) in [4.78, 5) is 31.0. The molecule has 2 heterocycles. The molecule has 2 aromatic heterocycles. The summed E-state index contributed by atoms with van der Waals surface area (Å²) in [6.07, 6.45) is 3.32. The van der Waals surface area contributed by atoms with Crippen LogP contribution in [0.25, 0.3) is 5.82 Å². The molecule has 11 heteroatoms. The Labute approximate surface area is 221 Å². The van der Waals surface area contributed by atoms with Crippen LogP contribution >= 0.6 is 34.2 Å². The molecule has 0 aliphatic heterocycles. The van der Waals surface area contributed by atoms with Gasteiger partial charge >= 0.3 is 0 Å². The predicted octanol–water partition coefficient (Wildman–Crippen LogP) is 4.52. The molecule has 0 spiro atoms. The molecule has 0 radical (unpaired) electrons. The highest BCUT2D eigenvalue weighted by molar-refractivity contribution is 14.1. The molecule has 1 unspecified atom stereocenters. The highest BCUT2D eigenvalue weighted by atomic mass is 127. The number of nitrogens with one attached hydrogen (secondary N) is 2. The predicted molar refractivity (Wildman–Crippen MR) is 139 cm³/mol. The Kier molecular flexibility index (Phi) is 7.00. The van der Waals surface area contributed by atoms with Crippen LogP contribution in [-0.2, 0) is 0 Å². The average molecular weight is 605 g/mol. The van der Waals surface area contributed by atoms with Gasteiger partial charge in [-0.1, -0.05) is 11.6 Å². The van der Waals surface area contributed by atoms with Gasteiger partial charge in [0, 0.05) is 15.8 Å². The number of halogens is 2. The smallest absolute Gasteiger partial charge is 0.274 e. The summed E-state index contributed by atoms with van der Waals surface area (Å²) in [6.45, 7) is 3.52. The van der Waals surface area contributed by atoms with E-state index in [2.05, 4.69) is 49.4 Å². The molecular weight excluding hydrogens is 583 g/mol. The number of benzene rings is 1. The van der Waals surface area contributed by atoms with Gasteiger partial charge in [0.1, 0.15) is 11.2 Å². The van der Waals surface area contributed by atoms with Crippen molar-refractivity contribution in [2.24, 2.45) is 5.92 Å². The van der Waals surface area contributed by atoms with E-state index in [0.29, 0.717) is 16.3 Å². The third-order valence-corrected chi connectivity index (χ3v) is 6.77. The summed E-state index contributed by atoms with van der Waals surface area (Å²) in [5.41, 5.74) is 0.428. The van der Waals surface area contributed by atoms with E-state index in [-0.39, 0.29) is 28.9 Å². The summed E-state index contributed by atoms with van der Waals surface area (Å²) in [6, 6.07) is 10.5. The molecular formula is C24H22ClIN6O3. The molecule has 1 fully saturated rings. The van der Waals surface area contributed by atoms with Crippen molar-refractivity contribution in [2.45, 2.75) is 32.2 Å². The van der Waals surface area contributed by atoms with Gasteiger partial charge in [-0.3, -0.25) is 9.59 Å². The van der Waals surface area contributed by atoms with Crippen LogP contribution in [0.1, 0.15) is 46.2 Å². The van der Waals surface area contributed by atoms with Crippen LogP contribution in [0.3, 0.4) is 0 Å². The van der Waals surface area contributed by atoms with E-state index in [1.165, 1.54) is 24.1 Å². The molecule has 35 heavy (non-hydrogen) atoms. The van der Waals surface area contributed by atoms with Crippen molar-refractivity contribution in [1.82, 2.24) is 20.1 Å². The fraction of sp³-hybridized carbons (Fsp3) is 0.292. The van der Waals surface area contributed by atoms with E-state index in [0.717, 1.165) is 16.4 Å². The first-order valence-corrected chi connectivity index (χ1v) is 12.2. The molecule has 9 nitrogen and oxygen atoms in total. The van der Waals surface area contributed by atoms with Crippen molar-refractivity contribution in [1.29, 1.82) is 5.26 Å². The topological polar surface area (TPSA) is 122 Å². The minimum absolute atomic E-state index is 0.114. The molecule has 1 aliphatic carbocycles. The lowest BCUT2D eigenvalue weighted by atomic mass is 9.96. The maximum Gasteiger partial charge on any atom is 0.274 e. The SMILES string of the molecule is COc1cc(C(=O)Nc2c(C)cc(I)cc2C(=O)NC(C)(C#N)C2CC2)n(-c2ncccc2Cl)n1. The minimum atomic E-state index is -0.977. The minimum Gasteiger partial charge on any atom is -0.480 e. The number of nitrogens with zero attached hydrogens (tertiary/aromatic N) is 4. The molecule has 0 saturated heterocycles. The average Bonchev–Trinajstić information content (AvgIpc) is 3.60. The van der Waals surface area contributed by atoms with Gasteiger partial charge in [-0.05, 0) is 85.0 Å². The number of pyridine rings is 1. The fourth-order valence-electron chi connectivity index (χ4n) is 3.77. The second-order valence-corrected chi connectivity index (χ2v) is 10.1. The second-order valence-electron chi connectivity index (χ2n) is 8.43. The van der Waals surface area contributed by atoms with E-state index >= 15 is 0 Å². The van der Waals surface area contributed by atoms with Crippen molar-refractivity contribution in [2.75, 3.05) is 12.4 Å². The Morgan fingerprint density at radius 3 is 2.69 bits per heavy atom. The molecule has 1 aromatic carbocycles. The van der Waals surface area contributed by atoms with Crippen LogP contribution in [0.4, 0.5) is 5.69 Å². The maximum atomic E-state index is 13.4. The number of aryl methyl sites for hydroxylation is 1. The molecule has 0 bridgehead atoms. The van der Waals surface area contributed by atoms with Crippen molar-refractivity contribution in [3.8, 4) is 17.8 Å². The van der Waals surface area contributed by atoms with E-state index in [1.54, 1.807) is 32.0 Å². The number of hydrogen-bond acceptors (Lipinski definition) is 6. The van der Waals surface area contributed by atoms with Crippen LogP contribution in [0.15, 0.2) is 36.5 Å². The van der Waals surface area contributed by atoms with Crippen LogP contribution in [0.5, 0.6) is 5.88 Å². The number of methoxy groups -OCH3 is 1. The molecule has 4 rings (SSSR count). The van der Waals surface area contributed by atoms with Gasteiger partial charge in [-0.15, -0.1) is 5.10 Å². The molecule has 1 saturated carbocycles. The van der Waals surface area contributed by atoms with Crippen LogP contribution < -0.4 is 15.4 Å². The van der Waals surface area contributed by atoms with Gasteiger partial charge in [0.2, 0.25) is 5.88 Å². The third-order valence-electron chi connectivity index (χ3n) is 5.85. The van der Waals surface area contributed by atoms with Crippen molar-refractivity contribution in [3.05, 3.63) is 61.9 Å². The largest absolute Gasteiger partial charge is 0.480 e. The van der Waals surface area contributed by atoms with Crippen molar-refractivity contribution < 1.29 is 14.3 Å². The first-order chi connectivity index (χ1) is 16.7. The Bertz CT molecular complexity index is 1360. The van der Waals surface area contributed by atoms with E-state index < -0.39 is 17.4 Å². The van der Waals surface area contributed by atoms with Crippen LogP contribution in [0.2, 0.25) is 5.02 Å². The maximum absolute atomic E-state index is 13.4. The molecule has 180 valence electrons. The van der Waals surface area contributed by atoms with Crippen LogP contribution in [0, 0.1) is 27.7 Å². The molecule has 1 aliphatic rings. The summed E-state index contributed by atoms with van der Waals surface area (Å²) >= 11 is 8.40. The van der Waals surface area contributed by atoms with E-state index in [4.69, 9.17) is 16.3 Å². The first kappa shape index (κ1) is 24.9. The number of carbonyl (C=O) groups is 2. The van der Waals surface area contributed by atoms with Gasteiger partial charge in [-0.2, -0.15) is 5.26 Å². The highest BCUT2D eigenvalue weighted by Crippen LogP contribution is 2.39. The van der Waals surface area contributed by atoms with Gasteiger partial charge in [0.25, 0.3) is 11.8 Å². The summed E-state index contributed by atoms with van der Waals surface area (Å²) in [5.74, 6) is -0.399. The standard InChI is InChI=1S/C24H22ClIN6O3/c1-13-9-15(26)10-16(22(33)30-24(2,12-27)14-6-7-14)20(13)29-23(34)18-11-19(35-3)31-32(18)21-17(25)5-4-8-28-21/h4-5,8-11,14H,6-7H2,1-3H3,(H,29,34)(H,30,33). The number of carbonyl (C=O) groups excluding carboxylic acids is 2. The zero-order valence-electron chi connectivity index (χ0n) is 19.2. The molecule has 2 N–H and O–H groups in total. The Hall–Kier alpha value is -3.17. The number of rotatable bonds is 7. The lowest BCUT2D eigenvalue weighted by molar-refractivity contribution is 0.0918. The quantitative estimate of drug-likeness (QED) is 0.383. The highest BCUT2D eigenvalue weighted by Gasteiger charge is 2.43. The first-order valence-electron chi connectivity index (χ1n) is 10.8. The Balaban J connectivity index is 1.71. The summed E-state index contributed by atoms with van der Waals surface area (Å²) in [5, 5.41) is 20.0. The van der Waals surface area contributed by atoms with Crippen molar-refractivity contribution >= 4 is 51.7 Å². The number of hydrogen-bond donors (Lipinski definition) is 2. The Morgan fingerprint density at radius 2 is 2.06 bits per heavy atom. The summed E-state index contributed by atoms with van der Waals surface area (Å²) in [7, 11) is 1.44. The normalized spacial score (nSPS) is 14.5. The molecule has 2 amide bonds. The number of aromatic nitrogens is 3. The fourth-order valence-corrected chi connectivity index (χ4v) is 4.75. The van der Waals surface area contributed by atoms with Gasteiger partial charge in [-0.25, -0.2) is 9.67 Å². The number of ether oxygens (including phenoxy) is 1. The summed E-state index contributed by atoms with van der Waals surface area (Å²) < 4.78 is 7.33. The van der Waals surface area contributed by atoms with Crippen LogP contribution in [-0.4, -0.2) is 39.2 Å². The zero-order chi connectivity index (χ0) is 25.3. The van der Waals surface area contributed by atoms with E-state index in [9.17, 15) is 14.9 Å². The van der Waals surface area contributed by atoms with Gasteiger partial charge < -0.3 is 15.4 Å². The van der Waals surface area contributed by atoms with Crippen molar-refractivity contribution in [3.63, 3.8) is 0 Å². The zero-order valence-corrected chi connectivity index (χ0v) is 22.1. The monoisotopic (exact) mass is 604 g/mol. The lowest BCUT2D eigenvalue weighted by Gasteiger charge is -2.24. The lowest BCUT2D eigenvalue weighted by Crippen LogP contribution is -2.47.